The van der Waals surface area contributed by atoms with E-state index in [0.717, 1.165) is 11.3 Å². The van der Waals surface area contributed by atoms with Crippen LogP contribution < -0.4 is 5.32 Å². The summed E-state index contributed by atoms with van der Waals surface area (Å²) in [6.45, 7) is 19.1. The number of aliphatic imine (C=N–C) groups is 2. The number of carbonyl (C=O) groups excluding carboxylic acids is 2. The van der Waals surface area contributed by atoms with Crippen molar-refractivity contribution in [1.29, 1.82) is 0 Å². The van der Waals surface area contributed by atoms with Gasteiger partial charge in [0.2, 0.25) is 0 Å². The number of nitrogens with zero attached hydrogens (tertiary/aromatic N) is 2. The normalized spacial score (nSPS) is 15.0. The number of hydrogen-bond acceptors (Lipinski definition) is 6. The van der Waals surface area contributed by atoms with Gasteiger partial charge in [-0.15, -0.1) is 19.4 Å². The minimum atomic E-state index is -0.178. The van der Waals surface area contributed by atoms with E-state index >= 15 is 0 Å². The molecule has 0 saturated carbocycles. The largest absolute Gasteiger partial charge is 0.499 e. The van der Waals surface area contributed by atoms with Gasteiger partial charge < -0.3 is 14.8 Å². The van der Waals surface area contributed by atoms with Crippen molar-refractivity contribution < 1.29 is 19.1 Å². The van der Waals surface area contributed by atoms with Crippen LogP contribution in [0.2, 0.25) is 0 Å². The van der Waals surface area contributed by atoms with Crippen LogP contribution in [0.4, 0.5) is 0 Å². The van der Waals surface area contributed by atoms with Gasteiger partial charge in [-0.05, 0) is 52.3 Å². The summed E-state index contributed by atoms with van der Waals surface area (Å²) in [7, 11) is 1.72. The van der Waals surface area contributed by atoms with Crippen LogP contribution in [-0.2, 0) is 19.1 Å². The van der Waals surface area contributed by atoms with E-state index < -0.39 is 0 Å². The lowest BCUT2D eigenvalue weighted by molar-refractivity contribution is -0.117. The molecule has 0 aromatic heterocycles. The number of dihydropyridines is 1. The minimum absolute atomic E-state index is 0.0161. The summed E-state index contributed by atoms with van der Waals surface area (Å²) in [6.07, 6.45) is 33.0. The van der Waals surface area contributed by atoms with Crippen LogP contribution in [0.25, 0.3) is 0 Å². The fourth-order valence-electron chi connectivity index (χ4n) is 2.98. The Labute approximate surface area is 260 Å². The van der Waals surface area contributed by atoms with Gasteiger partial charge in [-0.25, -0.2) is 0 Å². The van der Waals surface area contributed by atoms with E-state index in [0.29, 0.717) is 37.3 Å². The zero-order valence-electron chi connectivity index (χ0n) is 27.1. The van der Waals surface area contributed by atoms with E-state index in [-0.39, 0.29) is 17.7 Å². The Morgan fingerprint density at radius 3 is 2.26 bits per heavy atom. The molecule has 1 atom stereocenters. The van der Waals surface area contributed by atoms with E-state index in [1.165, 1.54) is 13.2 Å². The zero-order chi connectivity index (χ0) is 33.3. The minimum Gasteiger partial charge on any atom is -0.499 e. The maximum absolute atomic E-state index is 12.4. The first kappa shape index (κ1) is 42.8. The summed E-state index contributed by atoms with van der Waals surface area (Å²) >= 11 is 0. The van der Waals surface area contributed by atoms with E-state index in [4.69, 9.17) is 9.47 Å². The number of hydrogen-bond donors (Lipinski definition) is 1. The van der Waals surface area contributed by atoms with Gasteiger partial charge in [0.15, 0.2) is 5.78 Å². The Morgan fingerprint density at radius 2 is 1.74 bits per heavy atom. The van der Waals surface area contributed by atoms with Gasteiger partial charge in [0.1, 0.15) is 13.2 Å². The molecule has 1 amide bonds. The third kappa shape index (κ3) is 22.6. The van der Waals surface area contributed by atoms with Gasteiger partial charge in [0, 0.05) is 36.5 Å². The quantitative estimate of drug-likeness (QED) is 0.0414. The molecular formula is C36H51N3O4. The molecule has 234 valence electrons. The number of carbonyl (C=O) groups is 2. The molecule has 0 aliphatic carbocycles. The van der Waals surface area contributed by atoms with Gasteiger partial charge in [-0.2, -0.15) is 0 Å². The number of Topliss-reactive ketones (excluding diaryl/α,β-unsaturated/α-hetero) is 1. The first-order valence-electron chi connectivity index (χ1n) is 14.1. The van der Waals surface area contributed by atoms with Crippen molar-refractivity contribution >= 4 is 23.6 Å². The first-order valence-corrected chi connectivity index (χ1v) is 14.1. The lowest BCUT2D eigenvalue weighted by atomic mass is 10.0. The number of allylic oxidation sites excluding steroid dienone is 9. The summed E-state index contributed by atoms with van der Waals surface area (Å²) < 4.78 is 10.8. The Morgan fingerprint density at radius 1 is 1.07 bits per heavy atom. The third-order valence-electron chi connectivity index (χ3n) is 4.80. The van der Waals surface area contributed by atoms with Crippen molar-refractivity contribution in [3.8, 4) is 12.8 Å². The highest BCUT2D eigenvalue weighted by Crippen LogP contribution is 2.12. The molecular weight excluding hydrogens is 538 g/mol. The van der Waals surface area contributed by atoms with Crippen LogP contribution >= 0.6 is 0 Å². The van der Waals surface area contributed by atoms with Crippen molar-refractivity contribution in [2.24, 2.45) is 9.98 Å². The zero-order valence-corrected chi connectivity index (χ0v) is 27.1. The molecule has 1 aliphatic rings. The van der Waals surface area contributed by atoms with Crippen molar-refractivity contribution in [1.82, 2.24) is 5.32 Å². The maximum Gasteiger partial charge on any atom is 0.251 e. The predicted octanol–water partition coefficient (Wildman–Crippen LogP) is 7.25. The fraction of sp³-hybridized carbons (Fsp3) is 0.333. The van der Waals surface area contributed by atoms with Gasteiger partial charge in [-0.3, -0.25) is 19.6 Å². The van der Waals surface area contributed by atoms with Crippen LogP contribution in [-0.4, -0.2) is 56.5 Å². The Hall–Kier alpha value is -4.70. The second kappa shape index (κ2) is 31.8. The monoisotopic (exact) mass is 589 g/mol. The Balaban J connectivity index is -0.00000210. The molecule has 0 spiro atoms. The average Bonchev–Trinajstić information content (AvgIpc) is 3.03. The molecule has 1 aliphatic heterocycles. The van der Waals surface area contributed by atoms with Crippen molar-refractivity contribution in [2.75, 3.05) is 26.8 Å². The molecule has 0 saturated heterocycles. The topological polar surface area (TPSA) is 89.3 Å². The molecule has 0 fully saturated rings. The second-order valence-electron chi connectivity index (χ2n) is 7.97. The molecule has 0 radical (unpaired) electrons. The van der Waals surface area contributed by atoms with Crippen molar-refractivity contribution in [3.05, 3.63) is 109 Å². The molecule has 1 unspecified atom stereocenters. The van der Waals surface area contributed by atoms with Crippen LogP contribution in [0.3, 0.4) is 0 Å². The van der Waals surface area contributed by atoms with E-state index in [9.17, 15) is 9.59 Å². The highest BCUT2D eigenvalue weighted by Gasteiger charge is 2.12. The molecule has 7 nitrogen and oxygen atoms in total. The highest BCUT2D eigenvalue weighted by molar-refractivity contribution is 6.21. The number of ether oxygens (including phenoxy) is 2. The molecule has 1 rings (SSSR count). The standard InChI is InChI=1S/C29H37N3O4.C3H6.C2H6.C2H2/c1-6-10-24(23(4)33)15-20-36-22-27-14-13-26(21-32-27)28(30-5)12-9-17-31-29(34)25(11-7-2)16-19-35-18-8-3;1-3-2;2*1-2/h6-13,15-16,18,20-21,27H,1,14,17,19,22H2,2-5H3,(H,31,34);3H,1H2,2H3;1-2H3;1-2H/b11-7-,12-9-,18-8+,20-15+,24-10+,25-16+,30-28?;;;. The Bertz CT molecular complexity index is 1110. The number of rotatable bonds is 15. The SMILES string of the molecule is C#C.C=C/C=C(\C=C\OCC1CC=C(C(/C=C\CNC(=O)C(/C=C\C)=C/CO/C=C/C)=NC)C=N1)C(C)=O.C=CC.CC. The van der Waals surface area contributed by atoms with Crippen LogP contribution in [0.15, 0.2) is 119 Å². The molecule has 0 aromatic rings. The molecule has 0 aromatic carbocycles. The lowest BCUT2D eigenvalue weighted by Crippen LogP contribution is -2.25. The van der Waals surface area contributed by atoms with Crippen LogP contribution in [0.5, 0.6) is 0 Å². The number of terminal acetylenes is 1. The third-order valence-corrected chi connectivity index (χ3v) is 4.80. The second-order valence-corrected chi connectivity index (χ2v) is 7.97. The molecule has 7 heteroatoms. The highest BCUT2D eigenvalue weighted by atomic mass is 16.5. The predicted molar refractivity (Wildman–Crippen MR) is 185 cm³/mol. The maximum atomic E-state index is 12.4. The fourth-order valence-corrected chi connectivity index (χ4v) is 2.98. The molecule has 43 heavy (non-hydrogen) atoms. The summed E-state index contributed by atoms with van der Waals surface area (Å²) in [5, 5.41) is 2.87. The molecule has 1 heterocycles. The van der Waals surface area contributed by atoms with Gasteiger partial charge >= 0.3 is 0 Å². The number of amides is 1. The van der Waals surface area contributed by atoms with Crippen molar-refractivity contribution in [3.63, 3.8) is 0 Å². The smallest absolute Gasteiger partial charge is 0.251 e. The van der Waals surface area contributed by atoms with E-state index in [2.05, 4.69) is 47.4 Å². The summed E-state index contributed by atoms with van der Waals surface area (Å²) in [5.74, 6) is -0.232. The number of ketones is 1. The Kier molecular flexibility index (Phi) is 31.6. The molecule has 0 bridgehead atoms. The van der Waals surface area contributed by atoms with Gasteiger partial charge in [-0.1, -0.05) is 69.0 Å². The van der Waals surface area contributed by atoms with Gasteiger partial charge in [0.05, 0.1) is 24.3 Å². The van der Waals surface area contributed by atoms with E-state index in [1.54, 1.807) is 62.1 Å². The van der Waals surface area contributed by atoms with Crippen LogP contribution in [0.1, 0.15) is 48.0 Å². The lowest BCUT2D eigenvalue weighted by Gasteiger charge is -2.15. The summed E-state index contributed by atoms with van der Waals surface area (Å²) in [4.78, 5) is 32.8. The van der Waals surface area contributed by atoms with Crippen molar-refractivity contribution in [2.45, 2.75) is 54.0 Å². The summed E-state index contributed by atoms with van der Waals surface area (Å²) in [5.41, 5.74) is 2.75. The van der Waals surface area contributed by atoms with E-state index in [1.807, 2.05) is 52.8 Å². The average molecular weight is 590 g/mol. The first-order chi connectivity index (χ1) is 20.9. The summed E-state index contributed by atoms with van der Waals surface area (Å²) in [6, 6.07) is -0.0161. The molecule has 1 N–H and O–H groups in total. The number of nitrogens with one attached hydrogen (secondary N) is 1. The van der Waals surface area contributed by atoms with Gasteiger partial charge in [0.25, 0.3) is 5.91 Å². The van der Waals surface area contributed by atoms with Crippen LogP contribution in [0, 0.1) is 12.8 Å².